The summed E-state index contributed by atoms with van der Waals surface area (Å²) in [5.41, 5.74) is 0. The first-order chi connectivity index (χ1) is 9.06. The van der Waals surface area contributed by atoms with Crippen LogP contribution in [0.15, 0.2) is 0 Å². The average molecular weight is 274 g/mol. The van der Waals surface area contributed by atoms with Gasteiger partial charge < -0.3 is 20.4 Å². The summed E-state index contributed by atoms with van der Waals surface area (Å²) in [4.78, 5) is 24.4. The van der Waals surface area contributed by atoms with Gasteiger partial charge in [-0.15, -0.1) is 0 Å². The molecule has 3 N–H and O–H groups in total. The van der Waals surface area contributed by atoms with E-state index >= 15 is 0 Å². The van der Waals surface area contributed by atoms with Crippen LogP contribution in [0.25, 0.3) is 0 Å². The highest BCUT2D eigenvalue weighted by molar-refractivity contribution is 5.76. The summed E-state index contributed by atoms with van der Waals surface area (Å²) in [7, 11) is 0. The predicted molar refractivity (Wildman–Crippen MR) is 73.0 cm³/mol. The first kappa shape index (κ1) is 17.7. The van der Waals surface area contributed by atoms with Crippen molar-refractivity contribution in [3.8, 4) is 0 Å². The molecule has 6 heteroatoms. The van der Waals surface area contributed by atoms with Crippen molar-refractivity contribution in [1.29, 1.82) is 0 Å². The molecular formula is C13H26N2O4. The molecule has 19 heavy (non-hydrogen) atoms. The van der Waals surface area contributed by atoms with E-state index in [1.165, 1.54) is 4.90 Å². The van der Waals surface area contributed by atoms with Crippen LogP contribution in [0, 0.1) is 5.92 Å². The minimum Gasteiger partial charge on any atom is -0.481 e. The van der Waals surface area contributed by atoms with E-state index in [1.807, 2.05) is 13.8 Å². The van der Waals surface area contributed by atoms with E-state index in [0.29, 0.717) is 13.0 Å². The molecule has 6 nitrogen and oxygen atoms in total. The fraction of sp³-hybridized carbons (Fsp3) is 0.846. The topological polar surface area (TPSA) is 89.9 Å². The third kappa shape index (κ3) is 7.66. The molecule has 0 rings (SSSR count). The van der Waals surface area contributed by atoms with Crippen molar-refractivity contribution in [1.82, 2.24) is 10.2 Å². The van der Waals surface area contributed by atoms with Gasteiger partial charge in [0.1, 0.15) is 0 Å². The maximum Gasteiger partial charge on any atom is 0.317 e. The molecule has 0 radical (unpaired) electrons. The molecule has 0 aromatic rings. The maximum absolute atomic E-state index is 11.9. The molecular weight excluding hydrogens is 248 g/mol. The number of aliphatic carboxylic acids is 1. The smallest absolute Gasteiger partial charge is 0.317 e. The zero-order valence-corrected chi connectivity index (χ0v) is 11.9. The Morgan fingerprint density at radius 2 is 1.89 bits per heavy atom. The van der Waals surface area contributed by atoms with Crippen molar-refractivity contribution in [3.63, 3.8) is 0 Å². The summed E-state index contributed by atoms with van der Waals surface area (Å²) in [5.74, 6) is -1.43. The van der Waals surface area contributed by atoms with E-state index in [1.54, 1.807) is 0 Å². The lowest BCUT2D eigenvalue weighted by molar-refractivity contribution is -0.141. The van der Waals surface area contributed by atoms with E-state index in [0.717, 1.165) is 19.3 Å². The molecule has 1 unspecified atom stereocenters. The quantitative estimate of drug-likeness (QED) is 0.560. The fourth-order valence-corrected chi connectivity index (χ4v) is 1.77. The summed E-state index contributed by atoms with van der Waals surface area (Å²) in [6.07, 6.45) is 3.14. The van der Waals surface area contributed by atoms with Crippen molar-refractivity contribution < 1.29 is 19.8 Å². The fourth-order valence-electron chi connectivity index (χ4n) is 1.77. The van der Waals surface area contributed by atoms with Crippen molar-refractivity contribution in [2.45, 2.75) is 39.5 Å². The summed E-state index contributed by atoms with van der Waals surface area (Å²) in [5, 5.41) is 20.6. The Bertz CT molecular complexity index is 271. The highest BCUT2D eigenvalue weighted by Gasteiger charge is 2.19. The highest BCUT2D eigenvalue weighted by Crippen LogP contribution is 2.05. The van der Waals surface area contributed by atoms with Gasteiger partial charge in [0.25, 0.3) is 0 Å². The van der Waals surface area contributed by atoms with E-state index < -0.39 is 11.9 Å². The van der Waals surface area contributed by atoms with Gasteiger partial charge in [-0.1, -0.05) is 26.7 Å². The van der Waals surface area contributed by atoms with Crippen LogP contribution in [0.2, 0.25) is 0 Å². The second kappa shape index (κ2) is 10.6. The molecule has 0 aromatic carbocycles. The largest absolute Gasteiger partial charge is 0.481 e. The number of aliphatic hydroxyl groups is 1. The summed E-state index contributed by atoms with van der Waals surface area (Å²) in [6, 6.07) is -0.301. The van der Waals surface area contributed by atoms with Gasteiger partial charge in [0.05, 0.1) is 12.5 Å². The maximum atomic E-state index is 11.9. The Morgan fingerprint density at radius 1 is 1.21 bits per heavy atom. The van der Waals surface area contributed by atoms with E-state index in [2.05, 4.69) is 5.32 Å². The first-order valence-electron chi connectivity index (χ1n) is 6.93. The van der Waals surface area contributed by atoms with Gasteiger partial charge in [-0.2, -0.15) is 0 Å². The van der Waals surface area contributed by atoms with Crippen LogP contribution >= 0.6 is 0 Å². The number of hydrogen-bond donors (Lipinski definition) is 3. The Balaban J connectivity index is 4.25. The summed E-state index contributed by atoms with van der Waals surface area (Å²) >= 11 is 0. The standard InChI is InChI=1S/C13H26N2O4/c1-3-5-7-15(8-9-16)13(19)14-10-11(6-4-2)12(17)18/h11,16H,3-10H2,1-2H3,(H,14,19)(H,17,18). The Labute approximate surface area is 114 Å². The number of unbranched alkanes of at least 4 members (excludes halogenated alkanes) is 1. The monoisotopic (exact) mass is 274 g/mol. The van der Waals surface area contributed by atoms with E-state index in [4.69, 9.17) is 10.2 Å². The molecule has 1 atom stereocenters. The Kier molecular flexibility index (Phi) is 9.88. The number of urea groups is 1. The number of carbonyl (C=O) groups excluding carboxylic acids is 1. The van der Waals surface area contributed by atoms with E-state index in [9.17, 15) is 9.59 Å². The van der Waals surface area contributed by atoms with Crippen LogP contribution in [-0.2, 0) is 4.79 Å². The van der Waals surface area contributed by atoms with Gasteiger partial charge >= 0.3 is 12.0 Å². The molecule has 0 aliphatic carbocycles. The molecule has 0 bridgehead atoms. The Morgan fingerprint density at radius 3 is 2.37 bits per heavy atom. The second-order valence-corrected chi connectivity index (χ2v) is 4.57. The number of aliphatic hydroxyl groups excluding tert-OH is 1. The molecule has 0 fully saturated rings. The third-order valence-corrected chi connectivity index (χ3v) is 2.92. The van der Waals surface area contributed by atoms with Gasteiger partial charge in [0.2, 0.25) is 0 Å². The zero-order chi connectivity index (χ0) is 14.7. The molecule has 112 valence electrons. The van der Waals surface area contributed by atoms with Crippen molar-refractivity contribution >= 4 is 12.0 Å². The average Bonchev–Trinajstić information content (AvgIpc) is 2.38. The van der Waals surface area contributed by atoms with Crippen LogP contribution < -0.4 is 5.32 Å². The van der Waals surface area contributed by atoms with Crippen molar-refractivity contribution in [2.75, 3.05) is 26.2 Å². The number of carbonyl (C=O) groups is 2. The lowest BCUT2D eigenvalue weighted by Crippen LogP contribution is -2.44. The lowest BCUT2D eigenvalue weighted by Gasteiger charge is -2.23. The van der Waals surface area contributed by atoms with Gasteiger partial charge in [0, 0.05) is 19.6 Å². The normalized spacial score (nSPS) is 11.9. The number of nitrogens with zero attached hydrogens (tertiary/aromatic N) is 1. The Hall–Kier alpha value is -1.30. The van der Waals surface area contributed by atoms with Crippen LogP contribution in [0.3, 0.4) is 0 Å². The zero-order valence-electron chi connectivity index (χ0n) is 11.9. The number of carboxylic acid groups (broad SMARTS) is 1. The predicted octanol–water partition coefficient (Wildman–Crippen LogP) is 1.29. The van der Waals surface area contributed by atoms with Crippen molar-refractivity contribution in [3.05, 3.63) is 0 Å². The molecule has 0 spiro atoms. The van der Waals surface area contributed by atoms with E-state index in [-0.39, 0.29) is 25.7 Å². The summed E-state index contributed by atoms with van der Waals surface area (Å²) in [6.45, 7) is 4.84. The minimum atomic E-state index is -0.885. The van der Waals surface area contributed by atoms with Crippen LogP contribution in [-0.4, -0.2) is 53.4 Å². The van der Waals surface area contributed by atoms with Gasteiger partial charge in [0.15, 0.2) is 0 Å². The second-order valence-electron chi connectivity index (χ2n) is 4.57. The number of rotatable bonds is 10. The lowest BCUT2D eigenvalue weighted by atomic mass is 10.0. The molecule has 0 heterocycles. The highest BCUT2D eigenvalue weighted by atomic mass is 16.4. The SMILES string of the molecule is CCCCN(CCO)C(=O)NCC(CCC)C(=O)O. The number of hydrogen-bond acceptors (Lipinski definition) is 3. The number of amides is 2. The first-order valence-corrected chi connectivity index (χ1v) is 6.93. The summed E-state index contributed by atoms with van der Waals surface area (Å²) < 4.78 is 0. The minimum absolute atomic E-state index is 0.0888. The number of nitrogens with one attached hydrogen (secondary N) is 1. The third-order valence-electron chi connectivity index (χ3n) is 2.92. The molecule has 2 amide bonds. The van der Waals surface area contributed by atoms with Gasteiger partial charge in [-0.3, -0.25) is 4.79 Å². The van der Waals surface area contributed by atoms with Gasteiger partial charge in [-0.05, 0) is 12.8 Å². The molecule has 0 aliphatic heterocycles. The number of carboxylic acids is 1. The molecule has 0 aromatic heterocycles. The van der Waals surface area contributed by atoms with Crippen LogP contribution in [0.4, 0.5) is 4.79 Å². The van der Waals surface area contributed by atoms with Crippen LogP contribution in [0.5, 0.6) is 0 Å². The molecule has 0 saturated heterocycles. The van der Waals surface area contributed by atoms with Crippen LogP contribution in [0.1, 0.15) is 39.5 Å². The molecule has 0 saturated carbocycles. The van der Waals surface area contributed by atoms with Gasteiger partial charge in [-0.25, -0.2) is 4.79 Å². The molecule has 0 aliphatic rings. The van der Waals surface area contributed by atoms with Crippen molar-refractivity contribution in [2.24, 2.45) is 5.92 Å².